The van der Waals surface area contributed by atoms with E-state index in [-0.39, 0.29) is 65.6 Å². The molecule has 2 aromatic carbocycles. The van der Waals surface area contributed by atoms with Gasteiger partial charge in [0, 0.05) is 61.1 Å². The highest BCUT2D eigenvalue weighted by Crippen LogP contribution is 2.42. The lowest BCUT2D eigenvalue weighted by molar-refractivity contribution is -0.138. The number of aromatic nitrogens is 4. The van der Waals surface area contributed by atoms with Gasteiger partial charge in [-0.25, -0.2) is 14.4 Å². The van der Waals surface area contributed by atoms with Crippen molar-refractivity contribution in [3.63, 3.8) is 0 Å². The van der Waals surface area contributed by atoms with Crippen LogP contribution in [0.3, 0.4) is 0 Å². The molecule has 66 heavy (non-hydrogen) atoms. The number of alkyl halides is 3. The average molecular weight is 936 g/mol. The van der Waals surface area contributed by atoms with E-state index in [9.17, 15) is 42.3 Å². The standard InChI is InChI=1S/C44H49F4N11O6S/c1-42(2,65)25-58-24-26(21-51-58)37-29(44(46,47)48)22-50-41(55-37)53-31-7-6-27(20-30(31)45)66-52-14-19-56-15-10-43(11-16-56)12-17-57(18-13-43)35(61)23-49-32-5-3-4-28-36(32)40(64)59(39(28)63)33-8-9-34(60)54-38(33)62/h3-7,20-22,24,33,49,52,65H,8-19,23,25H2,1-2H3,(H,50,53,55)(H,54,60,62). The highest BCUT2D eigenvalue weighted by atomic mass is 32.2. The SMILES string of the molecule is CC(C)(O)Cn1cc(-c2nc(Nc3ccc(SNCCN4CCC5(CC4)CCN(C(=O)CNc4cccc6c4C(=O)N(C4CCC(=O)NC4=O)C6=O)CC5)cc3F)ncc2C(F)(F)F)cn1. The van der Waals surface area contributed by atoms with Gasteiger partial charge in [0.05, 0.1) is 47.4 Å². The molecule has 17 nitrogen and oxygen atoms in total. The van der Waals surface area contributed by atoms with Gasteiger partial charge in [0.15, 0.2) is 0 Å². The molecule has 4 aliphatic rings. The van der Waals surface area contributed by atoms with Crippen molar-refractivity contribution in [2.75, 3.05) is 56.4 Å². The molecule has 0 radical (unpaired) electrons. The van der Waals surface area contributed by atoms with E-state index in [1.54, 1.807) is 32.0 Å². The van der Waals surface area contributed by atoms with Gasteiger partial charge in [0.1, 0.15) is 17.4 Å². The van der Waals surface area contributed by atoms with Crippen molar-refractivity contribution in [2.45, 2.75) is 81.6 Å². The van der Waals surface area contributed by atoms with Crippen LogP contribution in [-0.2, 0) is 27.1 Å². The first-order valence-corrected chi connectivity index (χ1v) is 22.4. The number of carbonyl (C=O) groups is 5. The number of anilines is 3. The third-order valence-electron chi connectivity index (χ3n) is 12.4. The number of piperidine rings is 3. The number of benzene rings is 2. The summed E-state index contributed by atoms with van der Waals surface area (Å²) in [6, 6.07) is 8.09. The van der Waals surface area contributed by atoms with Crippen molar-refractivity contribution in [1.82, 2.24) is 44.5 Å². The Balaban J connectivity index is 0.763. The number of hydrogen-bond acceptors (Lipinski definition) is 14. The summed E-state index contributed by atoms with van der Waals surface area (Å²) in [4.78, 5) is 77.6. The number of hydrogen-bond donors (Lipinski definition) is 5. The molecule has 8 rings (SSSR count). The molecule has 350 valence electrons. The van der Waals surface area contributed by atoms with Crippen LogP contribution < -0.4 is 20.7 Å². The third kappa shape index (κ3) is 10.4. The van der Waals surface area contributed by atoms with Crippen molar-refractivity contribution in [3.8, 4) is 11.3 Å². The Morgan fingerprint density at radius 2 is 1.73 bits per heavy atom. The maximum absolute atomic E-state index is 15.2. The number of imide groups is 2. The fraction of sp³-hybridized carbons (Fsp3) is 0.455. The van der Waals surface area contributed by atoms with Crippen LogP contribution >= 0.6 is 11.9 Å². The molecule has 4 aromatic rings. The number of nitrogens with one attached hydrogen (secondary N) is 4. The molecule has 2 aromatic heterocycles. The van der Waals surface area contributed by atoms with Crippen LogP contribution in [0.4, 0.5) is 34.9 Å². The minimum atomic E-state index is -4.76. The van der Waals surface area contributed by atoms with Gasteiger partial charge >= 0.3 is 6.18 Å². The Morgan fingerprint density at radius 1 is 0.985 bits per heavy atom. The lowest BCUT2D eigenvalue weighted by Crippen LogP contribution is -2.54. The molecular weight excluding hydrogens is 887 g/mol. The number of aliphatic hydroxyl groups is 1. The topological polar surface area (TPSA) is 207 Å². The Kier molecular flexibility index (Phi) is 13.2. The molecule has 22 heteroatoms. The van der Waals surface area contributed by atoms with Crippen molar-refractivity contribution in [3.05, 3.63) is 77.5 Å². The van der Waals surface area contributed by atoms with E-state index in [4.69, 9.17) is 0 Å². The van der Waals surface area contributed by atoms with Gasteiger partial charge in [-0.05, 0) is 107 Å². The second-order valence-corrected chi connectivity index (χ2v) is 18.7. The van der Waals surface area contributed by atoms with Crippen LogP contribution in [0.5, 0.6) is 0 Å². The summed E-state index contributed by atoms with van der Waals surface area (Å²) in [5.41, 5.74) is -1.94. The molecule has 3 saturated heterocycles. The maximum Gasteiger partial charge on any atom is 0.419 e. The summed E-state index contributed by atoms with van der Waals surface area (Å²) < 4.78 is 61.5. The molecule has 1 spiro atoms. The number of likely N-dealkylation sites (tertiary alicyclic amines) is 2. The lowest BCUT2D eigenvalue weighted by Gasteiger charge is -2.47. The Hall–Kier alpha value is -5.97. The summed E-state index contributed by atoms with van der Waals surface area (Å²) >= 11 is 1.26. The fourth-order valence-electron chi connectivity index (χ4n) is 8.88. The Labute approximate surface area is 381 Å². The van der Waals surface area contributed by atoms with Gasteiger partial charge in [0.2, 0.25) is 23.7 Å². The molecular formula is C44H49F4N11O6S. The Morgan fingerprint density at radius 3 is 2.42 bits per heavy atom. The normalized spacial score (nSPS) is 19.0. The van der Waals surface area contributed by atoms with Gasteiger partial charge < -0.3 is 25.5 Å². The van der Waals surface area contributed by atoms with E-state index >= 15 is 4.39 Å². The molecule has 1 atom stereocenters. The van der Waals surface area contributed by atoms with Gasteiger partial charge in [-0.2, -0.15) is 18.3 Å². The smallest absolute Gasteiger partial charge is 0.389 e. The summed E-state index contributed by atoms with van der Waals surface area (Å²) in [6.07, 6.45) is 2.22. The number of fused-ring (bicyclic) bond motifs is 1. The van der Waals surface area contributed by atoms with Gasteiger partial charge in [-0.15, -0.1) is 0 Å². The fourth-order valence-corrected chi connectivity index (χ4v) is 9.54. The largest absolute Gasteiger partial charge is 0.419 e. The monoisotopic (exact) mass is 935 g/mol. The van der Waals surface area contributed by atoms with Crippen LogP contribution in [0.1, 0.15) is 78.7 Å². The molecule has 1 unspecified atom stereocenters. The van der Waals surface area contributed by atoms with Crippen molar-refractivity contribution < 1.29 is 46.6 Å². The maximum atomic E-state index is 15.2. The summed E-state index contributed by atoms with van der Waals surface area (Å²) in [7, 11) is 0. The number of carbonyl (C=O) groups excluding carboxylic acids is 5. The highest BCUT2D eigenvalue weighted by Gasteiger charge is 2.46. The van der Waals surface area contributed by atoms with Crippen LogP contribution in [0.25, 0.3) is 11.3 Å². The molecule has 4 aliphatic heterocycles. The van der Waals surface area contributed by atoms with Crippen LogP contribution in [0.15, 0.2) is 59.9 Å². The first kappa shape index (κ1) is 46.6. The predicted molar refractivity (Wildman–Crippen MR) is 234 cm³/mol. The second-order valence-electron chi connectivity index (χ2n) is 17.7. The summed E-state index contributed by atoms with van der Waals surface area (Å²) in [6.45, 7) is 7.46. The van der Waals surface area contributed by atoms with E-state index in [0.29, 0.717) is 36.4 Å². The highest BCUT2D eigenvalue weighted by molar-refractivity contribution is 7.97. The van der Waals surface area contributed by atoms with Crippen LogP contribution in [-0.4, -0.2) is 127 Å². The molecule has 5 amide bonds. The van der Waals surface area contributed by atoms with Crippen molar-refractivity contribution in [2.24, 2.45) is 5.41 Å². The van der Waals surface area contributed by atoms with Crippen molar-refractivity contribution in [1.29, 1.82) is 0 Å². The predicted octanol–water partition coefficient (Wildman–Crippen LogP) is 4.83. The average Bonchev–Trinajstić information content (AvgIpc) is 3.83. The Bertz CT molecular complexity index is 2530. The zero-order valence-electron chi connectivity index (χ0n) is 36.2. The lowest BCUT2D eigenvalue weighted by atomic mass is 9.71. The van der Waals surface area contributed by atoms with Gasteiger partial charge in [-0.3, -0.25) is 43.6 Å². The van der Waals surface area contributed by atoms with E-state index < -0.39 is 58.5 Å². The summed E-state index contributed by atoms with van der Waals surface area (Å²) in [5.74, 6) is -3.41. The van der Waals surface area contributed by atoms with Gasteiger partial charge in [0.25, 0.3) is 11.8 Å². The minimum absolute atomic E-state index is 0.0182. The number of halogens is 4. The zero-order chi connectivity index (χ0) is 47.0. The number of rotatable bonds is 14. The van der Waals surface area contributed by atoms with Crippen LogP contribution in [0, 0.1) is 11.2 Å². The molecule has 3 fully saturated rings. The molecule has 6 heterocycles. The second kappa shape index (κ2) is 18.7. The summed E-state index contributed by atoms with van der Waals surface area (Å²) in [5, 5.41) is 22.1. The quantitative estimate of drug-likeness (QED) is 0.0498. The molecule has 0 aliphatic carbocycles. The minimum Gasteiger partial charge on any atom is -0.389 e. The number of nitrogens with zero attached hydrogens (tertiary/aromatic N) is 7. The van der Waals surface area contributed by atoms with E-state index in [1.807, 2.05) is 4.90 Å². The molecule has 5 N–H and O–H groups in total. The first-order valence-electron chi connectivity index (χ1n) is 21.6. The third-order valence-corrected chi connectivity index (χ3v) is 13.3. The first-order chi connectivity index (χ1) is 31.4. The van der Waals surface area contributed by atoms with E-state index in [2.05, 4.69) is 40.6 Å². The molecule has 0 bridgehead atoms. The van der Waals surface area contributed by atoms with E-state index in [1.165, 1.54) is 47.2 Å². The van der Waals surface area contributed by atoms with Crippen LogP contribution in [0.2, 0.25) is 0 Å². The zero-order valence-corrected chi connectivity index (χ0v) is 37.0. The number of amides is 5. The van der Waals surface area contributed by atoms with Gasteiger partial charge in [-0.1, -0.05) is 6.07 Å². The van der Waals surface area contributed by atoms with E-state index in [0.717, 1.165) is 50.2 Å². The van der Waals surface area contributed by atoms with Crippen molar-refractivity contribution >= 4 is 58.8 Å². The molecule has 0 saturated carbocycles.